The van der Waals surface area contributed by atoms with E-state index in [1.807, 2.05) is 46.8 Å². The average molecular weight is 530 g/mol. The van der Waals surface area contributed by atoms with Crippen molar-refractivity contribution in [2.24, 2.45) is 0 Å². The molecule has 1 aliphatic heterocycles. The first kappa shape index (κ1) is 29.6. The number of amides is 1. The average Bonchev–Trinajstić information content (AvgIpc) is 2.86. The van der Waals surface area contributed by atoms with E-state index < -0.39 is 23.0 Å². The minimum atomic E-state index is -0.969. The van der Waals surface area contributed by atoms with E-state index in [9.17, 15) is 9.90 Å². The zero-order valence-corrected chi connectivity index (χ0v) is 24.1. The van der Waals surface area contributed by atoms with E-state index in [-0.39, 0.29) is 13.2 Å². The lowest BCUT2D eigenvalue weighted by Crippen LogP contribution is -2.67. The van der Waals surface area contributed by atoms with Crippen LogP contribution in [0.2, 0.25) is 0 Å². The molecule has 3 rings (SSSR count). The molecule has 2 aromatic rings. The Balaban J connectivity index is 1.77. The number of aryl methyl sites for hydroxylation is 3. The fraction of sp³-hybridized carbons (Fsp3) is 0.567. The van der Waals surface area contributed by atoms with Crippen LogP contribution in [-0.2, 0) is 28.7 Å². The number of ether oxygens (including phenoxy) is 5. The van der Waals surface area contributed by atoms with Crippen LogP contribution in [0.3, 0.4) is 0 Å². The molecule has 1 N–H and O–H groups in total. The van der Waals surface area contributed by atoms with Gasteiger partial charge in [-0.25, -0.2) is 4.79 Å². The molecule has 0 bridgehead atoms. The molecular weight excluding hydrogens is 486 g/mol. The first-order valence-electron chi connectivity index (χ1n) is 13.0. The molecule has 1 saturated heterocycles. The van der Waals surface area contributed by atoms with Crippen molar-refractivity contribution in [1.82, 2.24) is 4.90 Å². The molecule has 0 spiro atoms. The van der Waals surface area contributed by atoms with Crippen molar-refractivity contribution in [2.75, 3.05) is 34.5 Å². The van der Waals surface area contributed by atoms with Gasteiger partial charge in [-0.15, -0.1) is 0 Å². The lowest BCUT2D eigenvalue weighted by atomic mass is 9.85. The lowest BCUT2D eigenvalue weighted by Gasteiger charge is -2.53. The number of hydrogen-bond donors (Lipinski definition) is 1. The molecule has 0 atom stereocenters. The van der Waals surface area contributed by atoms with Gasteiger partial charge in [0.15, 0.2) is 17.3 Å². The maximum Gasteiger partial charge on any atom is 0.408 e. The molecule has 2 aromatic carbocycles. The first-order chi connectivity index (χ1) is 17.8. The monoisotopic (exact) mass is 529 g/mol. The van der Waals surface area contributed by atoms with E-state index in [4.69, 9.17) is 23.7 Å². The number of hydrogen-bond acceptors (Lipinski definition) is 6. The van der Waals surface area contributed by atoms with E-state index in [1.165, 1.54) is 10.5 Å². The second kappa shape index (κ2) is 11.8. The van der Waals surface area contributed by atoms with Crippen LogP contribution in [-0.4, -0.2) is 67.5 Å². The van der Waals surface area contributed by atoms with Crippen LogP contribution in [0, 0.1) is 0 Å². The number of methoxy groups -OCH3 is 3. The fourth-order valence-electron chi connectivity index (χ4n) is 5.17. The zero-order valence-electron chi connectivity index (χ0n) is 24.1. The van der Waals surface area contributed by atoms with Crippen LogP contribution in [0.15, 0.2) is 36.4 Å². The summed E-state index contributed by atoms with van der Waals surface area (Å²) in [5.74, 6) is 1.13. The van der Waals surface area contributed by atoms with Crippen LogP contribution in [0.25, 0.3) is 0 Å². The van der Waals surface area contributed by atoms with Crippen molar-refractivity contribution in [1.29, 1.82) is 0 Å². The third-order valence-corrected chi connectivity index (χ3v) is 7.01. The molecule has 1 aliphatic rings. The van der Waals surface area contributed by atoms with E-state index >= 15 is 0 Å². The largest absolute Gasteiger partial charge is 0.493 e. The molecule has 38 heavy (non-hydrogen) atoms. The summed E-state index contributed by atoms with van der Waals surface area (Å²) in [6.07, 6.45) is 1.95. The van der Waals surface area contributed by atoms with Crippen molar-refractivity contribution in [2.45, 2.75) is 77.2 Å². The van der Waals surface area contributed by atoms with Gasteiger partial charge in [0.25, 0.3) is 0 Å². The molecule has 0 radical (unpaired) electrons. The zero-order chi connectivity index (χ0) is 28.1. The quantitative estimate of drug-likeness (QED) is 0.421. The summed E-state index contributed by atoms with van der Waals surface area (Å²) in [6, 6.07) is 12.4. The van der Waals surface area contributed by atoms with E-state index in [0.29, 0.717) is 30.1 Å². The third-order valence-electron chi connectivity index (χ3n) is 7.01. The predicted octanol–water partition coefficient (Wildman–Crippen LogP) is 5.73. The highest BCUT2D eigenvalue weighted by molar-refractivity contribution is 5.67. The summed E-state index contributed by atoms with van der Waals surface area (Å²) >= 11 is 0. The normalized spacial score (nSPS) is 16.5. The molecule has 0 aliphatic carbocycles. The number of nitrogens with zero attached hydrogens (tertiary/aromatic N) is 1. The number of carbonyl (C=O) groups is 1. The summed E-state index contributed by atoms with van der Waals surface area (Å²) in [6.45, 7) is 10.0. The Hall–Kier alpha value is -2.97. The number of benzene rings is 2. The van der Waals surface area contributed by atoms with Crippen molar-refractivity contribution in [3.63, 3.8) is 0 Å². The van der Waals surface area contributed by atoms with Gasteiger partial charge < -0.3 is 28.8 Å². The summed E-state index contributed by atoms with van der Waals surface area (Å²) in [5, 5.41) is 10.2. The second-order valence-electron chi connectivity index (χ2n) is 11.3. The van der Waals surface area contributed by atoms with Crippen LogP contribution >= 0.6 is 0 Å². The van der Waals surface area contributed by atoms with Crippen LogP contribution in [0.5, 0.6) is 17.2 Å². The SMILES string of the molecule is COc1cc(CCc2cccc(CCC3(N(C(=O)O)C(C)(C)C)COC(C)(C)OC3)c2)cc(OC)c1OC. The van der Waals surface area contributed by atoms with Gasteiger partial charge in [-0.2, -0.15) is 0 Å². The van der Waals surface area contributed by atoms with Crippen molar-refractivity contribution in [3.8, 4) is 17.2 Å². The maximum absolute atomic E-state index is 12.4. The maximum atomic E-state index is 12.4. The van der Waals surface area contributed by atoms with Crippen LogP contribution in [0.4, 0.5) is 4.79 Å². The fourth-order valence-corrected chi connectivity index (χ4v) is 5.17. The van der Waals surface area contributed by atoms with Gasteiger partial charge in [0.2, 0.25) is 5.75 Å². The van der Waals surface area contributed by atoms with Gasteiger partial charge in [-0.3, -0.25) is 4.90 Å². The molecule has 1 amide bonds. The summed E-state index contributed by atoms with van der Waals surface area (Å²) in [7, 11) is 4.83. The van der Waals surface area contributed by atoms with Gasteiger partial charge in [0, 0.05) is 5.54 Å². The Morgan fingerprint density at radius 3 is 1.89 bits per heavy atom. The highest BCUT2D eigenvalue weighted by Crippen LogP contribution is 2.39. The molecule has 0 aromatic heterocycles. The molecule has 1 heterocycles. The Bertz CT molecular complexity index is 1070. The highest BCUT2D eigenvalue weighted by Gasteiger charge is 2.50. The minimum absolute atomic E-state index is 0.282. The molecule has 8 nitrogen and oxygen atoms in total. The smallest absolute Gasteiger partial charge is 0.408 e. The summed E-state index contributed by atoms with van der Waals surface area (Å²) in [5.41, 5.74) is 2.04. The van der Waals surface area contributed by atoms with Gasteiger partial charge in [-0.05, 0) is 89.1 Å². The number of rotatable bonds is 10. The van der Waals surface area contributed by atoms with E-state index in [0.717, 1.165) is 24.0 Å². The Labute approximate surface area is 226 Å². The van der Waals surface area contributed by atoms with Gasteiger partial charge in [-0.1, -0.05) is 24.3 Å². The van der Waals surface area contributed by atoms with E-state index in [2.05, 4.69) is 24.3 Å². The molecule has 210 valence electrons. The van der Waals surface area contributed by atoms with Crippen LogP contribution in [0.1, 0.15) is 57.7 Å². The van der Waals surface area contributed by atoms with Crippen molar-refractivity contribution in [3.05, 3.63) is 53.1 Å². The van der Waals surface area contributed by atoms with E-state index in [1.54, 1.807) is 21.3 Å². The van der Waals surface area contributed by atoms with Gasteiger partial charge in [0.05, 0.1) is 40.1 Å². The van der Waals surface area contributed by atoms with Crippen molar-refractivity contribution < 1.29 is 33.6 Å². The van der Waals surface area contributed by atoms with Crippen molar-refractivity contribution >= 4 is 6.09 Å². The minimum Gasteiger partial charge on any atom is -0.493 e. The molecule has 0 saturated carbocycles. The Morgan fingerprint density at radius 1 is 0.895 bits per heavy atom. The number of carboxylic acid groups (broad SMARTS) is 1. The third kappa shape index (κ3) is 6.91. The van der Waals surface area contributed by atoms with Gasteiger partial charge in [0.1, 0.15) is 0 Å². The standard InChI is InChI=1S/C30H43NO7/c1-28(2,3)31(27(32)33)30(19-37-29(4,5)38-20-30)15-14-22-11-9-10-21(16-22)12-13-23-17-24(34-6)26(36-8)25(18-23)35-7/h9-11,16-18H,12-15,19-20H2,1-8H3,(H,32,33). The second-order valence-corrected chi connectivity index (χ2v) is 11.3. The topological polar surface area (TPSA) is 86.7 Å². The van der Waals surface area contributed by atoms with Crippen LogP contribution < -0.4 is 14.2 Å². The Morgan fingerprint density at radius 2 is 1.42 bits per heavy atom. The molecule has 8 heteroatoms. The van der Waals surface area contributed by atoms with Gasteiger partial charge >= 0.3 is 6.09 Å². The highest BCUT2D eigenvalue weighted by atomic mass is 16.7. The summed E-state index contributed by atoms with van der Waals surface area (Å²) in [4.78, 5) is 13.9. The predicted molar refractivity (Wildman–Crippen MR) is 147 cm³/mol. The molecule has 1 fully saturated rings. The molecule has 0 unspecified atom stereocenters. The Kier molecular flexibility index (Phi) is 9.21. The lowest BCUT2D eigenvalue weighted by molar-refractivity contribution is -0.289. The molecular formula is C30H43NO7. The summed E-state index contributed by atoms with van der Waals surface area (Å²) < 4.78 is 28.4. The first-order valence-corrected chi connectivity index (χ1v) is 13.0.